The van der Waals surface area contributed by atoms with Crippen LogP contribution in [0.25, 0.3) is 0 Å². The minimum atomic E-state index is -0.459. The maximum absolute atomic E-state index is 12.4. The fourth-order valence-electron chi connectivity index (χ4n) is 2.54. The number of aromatic amines is 1. The highest BCUT2D eigenvalue weighted by Gasteiger charge is 2.35. The second kappa shape index (κ2) is 7.43. The van der Waals surface area contributed by atoms with E-state index in [9.17, 15) is 14.4 Å². The zero-order valence-electron chi connectivity index (χ0n) is 13.5. The summed E-state index contributed by atoms with van der Waals surface area (Å²) in [4.78, 5) is 41.6. The van der Waals surface area contributed by atoms with E-state index in [1.165, 1.54) is 16.2 Å². The SMILES string of the molecule is CCOC(=O)Cc1csc(NC(=O)C2CC(=O)N(c3cn[nH]c3)C2)n1. The lowest BCUT2D eigenvalue weighted by molar-refractivity contribution is -0.142. The van der Waals surface area contributed by atoms with Crippen molar-refractivity contribution in [2.75, 3.05) is 23.4 Å². The van der Waals surface area contributed by atoms with E-state index in [1.807, 2.05) is 0 Å². The second-order valence-electron chi connectivity index (χ2n) is 5.48. The molecular formula is C15H17N5O4S. The third kappa shape index (κ3) is 4.02. The first-order chi connectivity index (χ1) is 12.1. The van der Waals surface area contributed by atoms with Gasteiger partial charge in [-0.25, -0.2) is 4.98 Å². The first-order valence-electron chi connectivity index (χ1n) is 7.77. The first kappa shape index (κ1) is 17.1. The molecule has 0 saturated carbocycles. The molecule has 1 atom stereocenters. The van der Waals surface area contributed by atoms with Crippen molar-refractivity contribution < 1.29 is 19.1 Å². The van der Waals surface area contributed by atoms with Crippen molar-refractivity contribution in [1.82, 2.24) is 15.2 Å². The molecule has 2 aromatic rings. The van der Waals surface area contributed by atoms with Crippen molar-refractivity contribution in [3.8, 4) is 0 Å². The number of H-pyrrole nitrogens is 1. The Hall–Kier alpha value is -2.75. The maximum Gasteiger partial charge on any atom is 0.311 e. The number of esters is 1. The number of rotatable bonds is 6. The molecule has 1 saturated heterocycles. The summed E-state index contributed by atoms with van der Waals surface area (Å²) in [6.45, 7) is 2.35. The van der Waals surface area contributed by atoms with Gasteiger partial charge in [-0.2, -0.15) is 5.10 Å². The van der Waals surface area contributed by atoms with Crippen LogP contribution in [0.3, 0.4) is 0 Å². The molecule has 10 heteroatoms. The number of carbonyl (C=O) groups is 3. The lowest BCUT2D eigenvalue weighted by Gasteiger charge is -2.13. The molecule has 0 bridgehead atoms. The Kier molecular flexibility index (Phi) is 5.08. The van der Waals surface area contributed by atoms with Crippen LogP contribution in [0.15, 0.2) is 17.8 Å². The van der Waals surface area contributed by atoms with E-state index in [4.69, 9.17) is 4.74 Å². The third-order valence-corrected chi connectivity index (χ3v) is 4.51. The van der Waals surface area contributed by atoms with E-state index in [2.05, 4.69) is 20.5 Å². The van der Waals surface area contributed by atoms with E-state index >= 15 is 0 Å². The molecule has 1 fully saturated rings. The Balaban J connectivity index is 1.57. The summed E-state index contributed by atoms with van der Waals surface area (Å²) in [6.07, 6.45) is 3.36. The molecule has 1 aliphatic heterocycles. The molecule has 3 rings (SSSR count). The molecule has 1 aliphatic rings. The molecule has 2 amide bonds. The Morgan fingerprint density at radius 2 is 2.36 bits per heavy atom. The number of nitrogens with one attached hydrogen (secondary N) is 2. The van der Waals surface area contributed by atoms with Crippen LogP contribution in [0.5, 0.6) is 0 Å². The minimum Gasteiger partial charge on any atom is -0.466 e. The van der Waals surface area contributed by atoms with Gasteiger partial charge in [0, 0.05) is 24.5 Å². The van der Waals surface area contributed by atoms with Gasteiger partial charge in [-0.3, -0.25) is 19.5 Å². The lowest BCUT2D eigenvalue weighted by atomic mass is 10.1. The van der Waals surface area contributed by atoms with Crippen molar-refractivity contribution in [2.24, 2.45) is 5.92 Å². The Labute approximate surface area is 147 Å². The van der Waals surface area contributed by atoms with Gasteiger partial charge in [0.15, 0.2) is 5.13 Å². The summed E-state index contributed by atoms with van der Waals surface area (Å²) in [5, 5.41) is 11.3. The third-order valence-electron chi connectivity index (χ3n) is 3.70. The molecule has 9 nitrogen and oxygen atoms in total. The largest absolute Gasteiger partial charge is 0.466 e. The van der Waals surface area contributed by atoms with E-state index in [1.54, 1.807) is 24.7 Å². The van der Waals surface area contributed by atoms with Gasteiger partial charge in [0.25, 0.3) is 0 Å². The van der Waals surface area contributed by atoms with E-state index < -0.39 is 5.92 Å². The number of anilines is 2. The average Bonchev–Trinajstić information content (AvgIpc) is 3.28. The van der Waals surface area contributed by atoms with Gasteiger partial charge in [-0.15, -0.1) is 11.3 Å². The fraction of sp³-hybridized carbons (Fsp3) is 0.400. The number of carbonyl (C=O) groups excluding carboxylic acids is 3. The van der Waals surface area contributed by atoms with Gasteiger partial charge in [0.05, 0.1) is 36.5 Å². The highest BCUT2D eigenvalue weighted by atomic mass is 32.1. The van der Waals surface area contributed by atoms with Crippen LogP contribution in [0.2, 0.25) is 0 Å². The predicted octanol–water partition coefficient (Wildman–Crippen LogP) is 0.963. The standard InChI is InChI=1S/C15H17N5O4S/c1-2-24-13(22)4-10-8-25-15(18-10)19-14(23)9-3-12(21)20(7-9)11-5-16-17-6-11/h5-6,8-9H,2-4,7H2,1H3,(H,16,17)(H,18,19,23). The average molecular weight is 363 g/mol. The molecule has 0 aliphatic carbocycles. The zero-order valence-corrected chi connectivity index (χ0v) is 14.3. The summed E-state index contributed by atoms with van der Waals surface area (Å²) in [5.41, 5.74) is 1.19. The number of thiazole rings is 1. The smallest absolute Gasteiger partial charge is 0.311 e. The van der Waals surface area contributed by atoms with Gasteiger partial charge >= 0.3 is 5.97 Å². The topological polar surface area (TPSA) is 117 Å². The lowest BCUT2D eigenvalue weighted by Crippen LogP contribution is -2.27. The Morgan fingerprint density at radius 1 is 1.52 bits per heavy atom. The van der Waals surface area contributed by atoms with Crippen LogP contribution in [0.1, 0.15) is 19.0 Å². The van der Waals surface area contributed by atoms with Gasteiger partial charge in [-0.1, -0.05) is 0 Å². The molecule has 2 N–H and O–H groups in total. The van der Waals surface area contributed by atoms with Crippen LogP contribution in [-0.4, -0.2) is 46.1 Å². The Morgan fingerprint density at radius 3 is 3.08 bits per heavy atom. The molecule has 132 valence electrons. The van der Waals surface area contributed by atoms with Crippen LogP contribution in [-0.2, 0) is 25.5 Å². The van der Waals surface area contributed by atoms with E-state index in [-0.39, 0.29) is 30.6 Å². The van der Waals surface area contributed by atoms with Gasteiger partial charge in [0.1, 0.15) is 0 Å². The van der Waals surface area contributed by atoms with Gasteiger partial charge in [0.2, 0.25) is 11.8 Å². The highest BCUT2D eigenvalue weighted by molar-refractivity contribution is 7.13. The maximum atomic E-state index is 12.4. The van der Waals surface area contributed by atoms with Crippen LogP contribution in [0.4, 0.5) is 10.8 Å². The summed E-state index contributed by atoms with van der Waals surface area (Å²) in [5.74, 6) is -1.21. The molecule has 25 heavy (non-hydrogen) atoms. The van der Waals surface area contributed by atoms with Crippen molar-refractivity contribution in [3.05, 3.63) is 23.5 Å². The Bertz CT molecular complexity index is 773. The number of ether oxygens (including phenoxy) is 1. The number of aromatic nitrogens is 3. The zero-order chi connectivity index (χ0) is 17.8. The van der Waals surface area contributed by atoms with E-state index in [0.717, 1.165) is 0 Å². The molecule has 0 radical (unpaired) electrons. The second-order valence-corrected chi connectivity index (χ2v) is 6.34. The summed E-state index contributed by atoms with van der Waals surface area (Å²) >= 11 is 1.23. The van der Waals surface area contributed by atoms with Crippen LogP contribution >= 0.6 is 11.3 Å². The minimum absolute atomic E-state index is 0.0659. The molecular weight excluding hydrogens is 346 g/mol. The van der Waals surface area contributed by atoms with Crippen LogP contribution < -0.4 is 10.2 Å². The van der Waals surface area contributed by atoms with Crippen molar-refractivity contribution in [3.63, 3.8) is 0 Å². The van der Waals surface area contributed by atoms with Gasteiger partial charge in [-0.05, 0) is 6.92 Å². The normalized spacial score (nSPS) is 16.9. The fourth-order valence-corrected chi connectivity index (χ4v) is 3.25. The number of hydrogen-bond donors (Lipinski definition) is 2. The van der Waals surface area contributed by atoms with Crippen molar-refractivity contribution in [2.45, 2.75) is 19.8 Å². The number of nitrogens with zero attached hydrogens (tertiary/aromatic N) is 3. The molecule has 1 unspecified atom stereocenters. The molecule has 0 spiro atoms. The van der Waals surface area contributed by atoms with Crippen molar-refractivity contribution in [1.29, 1.82) is 0 Å². The molecule has 3 heterocycles. The highest BCUT2D eigenvalue weighted by Crippen LogP contribution is 2.25. The number of hydrogen-bond acceptors (Lipinski definition) is 7. The summed E-state index contributed by atoms with van der Waals surface area (Å²) < 4.78 is 4.86. The summed E-state index contributed by atoms with van der Waals surface area (Å²) in [7, 11) is 0. The predicted molar refractivity (Wildman–Crippen MR) is 90.1 cm³/mol. The van der Waals surface area contributed by atoms with Crippen molar-refractivity contribution >= 4 is 39.9 Å². The molecule has 0 aromatic carbocycles. The van der Waals surface area contributed by atoms with E-state index in [0.29, 0.717) is 29.7 Å². The first-order valence-corrected chi connectivity index (χ1v) is 8.64. The monoisotopic (exact) mass is 363 g/mol. The van der Waals surface area contributed by atoms with Gasteiger partial charge < -0.3 is 15.0 Å². The summed E-state index contributed by atoms with van der Waals surface area (Å²) in [6, 6.07) is 0. The van der Waals surface area contributed by atoms with Crippen LogP contribution in [0, 0.1) is 5.92 Å². The quantitative estimate of drug-likeness (QED) is 0.738. The molecule has 2 aromatic heterocycles. The number of amides is 2.